The summed E-state index contributed by atoms with van der Waals surface area (Å²) in [5.41, 5.74) is 0.540. The SMILES string of the molecule is COc1ccc(NC(=O)C(C)Oc2ccc(Cl)cc2Cl)cc1Cl. The van der Waals surface area contributed by atoms with E-state index >= 15 is 0 Å². The van der Waals surface area contributed by atoms with Gasteiger partial charge in [0.25, 0.3) is 5.91 Å². The normalized spacial score (nSPS) is 11.7. The van der Waals surface area contributed by atoms with E-state index in [9.17, 15) is 4.79 Å². The lowest BCUT2D eigenvalue weighted by atomic mass is 10.2. The van der Waals surface area contributed by atoms with Crippen LogP contribution in [-0.4, -0.2) is 19.1 Å². The number of hydrogen-bond donors (Lipinski definition) is 1. The molecule has 0 heterocycles. The molecule has 23 heavy (non-hydrogen) atoms. The van der Waals surface area contributed by atoms with Gasteiger partial charge in [0.15, 0.2) is 6.10 Å². The van der Waals surface area contributed by atoms with E-state index < -0.39 is 6.10 Å². The van der Waals surface area contributed by atoms with Crippen molar-refractivity contribution in [2.24, 2.45) is 0 Å². The molecule has 0 saturated carbocycles. The summed E-state index contributed by atoms with van der Waals surface area (Å²) in [6, 6.07) is 9.74. The third-order valence-corrected chi connectivity index (χ3v) is 3.81. The molecule has 0 radical (unpaired) electrons. The van der Waals surface area contributed by atoms with Crippen molar-refractivity contribution in [1.82, 2.24) is 0 Å². The number of carbonyl (C=O) groups is 1. The van der Waals surface area contributed by atoms with Crippen molar-refractivity contribution in [3.63, 3.8) is 0 Å². The molecule has 0 bridgehead atoms. The monoisotopic (exact) mass is 373 g/mol. The molecule has 0 aromatic heterocycles. The molecule has 0 fully saturated rings. The highest BCUT2D eigenvalue weighted by Gasteiger charge is 2.17. The molecule has 7 heteroatoms. The number of nitrogens with one attached hydrogen (secondary N) is 1. The van der Waals surface area contributed by atoms with Gasteiger partial charge in [-0.2, -0.15) is 0 Å². The molecule has 0 aliphatic carbocycles. The molecule has 2 aromatic carbocycles. The lowest BCUT2D eigenvalue weighted by Crippen LogP contribution is -2.30. The molecule has 2 rings (SSSR count). The predicted octanol–water partition coefficient (Wildman–Crippen LogP) is 5.06. The first-order valence-electron chi connectivity index (χ1n) is 6.67. The number of anilines is 1. The molecule has 0 spiro atoms. The highest BCUT2D eigenvalue weighted by molar-refractivity contribution is 6.35. The Morgan fingerprint density at radius 2 is 1.70 bits per heavy atom. The number of rotatable bonds is 5. The maximum Gasteiger partial charge on any atom is 0.265 e. The molecule has 0 saturated heterocycles. The van der Waals surface area contributed by atoms with E-state index in [4.69, 9.17) is 44.3 Å². The Hall–Kier alpha value is -1.62. The number of hydrogen-bond acceptors (Lipinski definition) is 3. The van der Waals surface area contributed by atoms with Crippen LogP contribution in [0.5, 0.6) is 11.5 Å². The molecule has 2 aromatic rings. The van der Waals surface area contributed by atoms with Gasteiger partial charge in [-0.1, -0.05) is 34.8 Å². The van der Waals surface area contributed by atoms with Crippen LogP contribution in [-0.2, 0) is 4.79 Å². The molecule has 1 N–H and O–H groups in total. The fourth-order valence-electron chi connectivity index (χ4n) is 1.80. The van der Waals surface area contributed by atoms with Gasteiger partial charge in [-0.05, 0) is 43.3 Å². The standard InChI is InChI=1S/C16H14Cl3NO3/c1-9(23-15-5-3-10(17)7-12(15)18)16(21)20-11-4-6-14(22-2)13(19)8-11/h3-9H,1-2H3,(H,20,21). The smallest absolute Gasteiger partial charge is 0.265 e. The Kier molecular flexibility index (Phi) is 5.99. The van der Waals surface area contributed by atoms with E-state index in [0.29, 0.717) is 32.3 Å². The van der Waals surface area contributed by atoms with Crippen molar-refractivity contribution >= 4 is 46.4 Å². The van der Waals surface area contributed by atoms with E-state index in [1.165, 1.54) is 7.11 Å². The van der Waals surface area contributed by atoms with Crippen molar-refractivity contribution < 1.29 is 14.3 Å². The van der Waals surface area contributed by atoms with Crippen molar-refractivity contribution in [2.75, 3.05) is 12.4 Å². The Balaban J connectivity index is 2.03. The summed E-state index contributed by atoms with van der Waals surface area (Å²) >= 11 is 17.9. The Morgan fingerprint density at radius 1 is 1.04 bits per heavy atom. The van der Waals surface area contributed by atoms with Gasteiger partial charge in [0.05, 0.1) is 17.2 Å². The summed E-state index contributed by atoms with van der Waals surface area (Å²) in [4.78, 5) is 12.2. The van der Waals surface area contributed by atoms with Crippen molar-refractivity contribution in [3.8, 4) is 11.5 Å². The van der Waals surface area contributed by atoms with Crippen molar-refractivity contribution in [1.29, 1.82) is 0 Å². The van der Waals surface area contributed by atoms with Crippen LogP contribution in [0, 0.1) is 0 Å². The molecular weight excluding hydrogens is 361 g/mol. The van der Waals surface area contributed by atoms with Gasteiger partial charge in [0.2, 0.25) is 0 Å². The second-order valence-electron chi connectivity index (χ2n) is 4.67. The molecule has 122 valence electrons. The van der Waals surface area contributed by atoms with Crippen LogP contribution in [0.3, 0.4) is 0 Å². The van der Waals surface area contributed by atoms with Crippen molar-refractivity contribution in [2.45, 2.75) is 13.0 Å². The van der Waals surface area contributed by atoms with Crippen LogP contribution in [0.1, 0.15) is 6.92 Å². The van der Waals surface area contributed by atoms with E-state index in [1.54, 1.807) is 43.3 Å². The lowest BCUT2D eigenvalue weighted by molar-refractivity contribution is -0.122. The van der Waals surface area contributed by atoms with Crippen LogP contribution in [0.15, 0.2) is 36.4 Å². The summed E-state index contributed by atoms with van der Waals surface area (Å²) in [6.45, 7) is 1.62. The topological polar surface area (TPSA) is 47.6 Å². The summed E-state index contributed by atoms with van der Waals surface area (Å²) < 4.78 is 10.6. The van der Waals surface area contributed by atoms with Gasteiger partial charge in [0, 0.05) is 10.7 Å². The number of halogens is 3. The quantitative estimate of drug-likeness (QED) is 0.795. The molecule has 1 amide bonds. The van der Waals surface area contributed by atoms with Crippen LogP contribution < -0.4 is 14.8 Å². The van der Waals surface area contributed by atoms with Gasteiger partial charge in [-0.15, -0.1) is 0 Å². The van der Waals surface area contributed by atoms with Crippen LogP contribution in [0.4, 0.5) is 5.69 Å². The molecule has 1 atom stereocenters. The predicted molar refractivity (Wildman–Crippen MR) is 93.2 cm³/mol. The fourth-order valence-corrected chi connectivity index (χ4v) is 2.51. The number of ether oxygens (including phenoxy) is 2. The summed E-state index contributed by atoms with van der Waals surface area (Å²) in [6.07, 6.45) is -0.755. The van der Waals surface area contributed by atoms with Crippen LogP contribution in [0.2, 0.25) is 15.1 Å². The molecule has 1 unspecified atom stereocenters. The minimum atomic E-state index is -0.755. The Labute approximate surface area is 149 Å². The third-order valence-electron chi connectivity index (χ3n) is 2.99. The van der Waals surface area contributed by atoms with Crippen molar-refractivity contribution in [3.05, 3.63) is 51.5 Å². The van der Waals surface area contributed by atoms with E-state index in [2.05, 4.69) is 5.32 Å². The highest BCUT2D eigenvalue weighted by atomic mass is 35.5. The zero-order valence-corrected chi connectivity index (χ0v) is 14.7. The number of benzene rings is 2. The fraction of sp³-hybridized carbons (Fsp3) is 0.188. The van der Waals surface area contributed by atoms with Gasteiger partial charge in [-0.3, -0.25) is 4.79 Å². The minimum absolute atomic E-state index is 0.336. The number of amides is 1. The molecular formula is C16H14Cl3NO3. The zero-order chi connectivity index (χ0) is 17.0. The first-order chi connectivity index (χ1) is 10.9. The molecule has 0 aliphatic rings. The van der Waals surface area contributed by atoms with Gasteiger partial charge >= 0.3 is 0 Å². The summed E-state index contributed by atoms with van der Waals surface area (Å²) in [7, 11) is 1.52. The highest BCUT2D eigenvalue weighted by Crippen LogP contribution is 2.29. The first-order valence-corrected chi connectivity index (χ1v) is 7.80. The summed E-state index contributed by atoms with van der Waals surface area (Å²) in [5.74, 6) is 0.575. The maximum absolute atomic E-state index is 12.2. The Bertz CT molecular complexity index is 722. The Morgan fingerprint density at radius 3 is 2.30 bits per heavy atom. The van der Waals surface area contributed by atoms with Gasteiger partial charge < -0.3 is 14.8 Å². The number of methoxy groups -OCH3 is 1. The largest absolute Gasteiger partial charge is 0.495 e. The number of carbonyl (C=O) groups excluding carboxylic acids is 1. The van der Waals surface area contributed by atoms with E-state index in [1.807, 2.05) is 0 Å². The minimum Gasteiger partial charge on any atom is -0.495 e. The summed E-state index contributed by atoms with van der Waals surface area (Å²) in [5, 5.41) is 3.94. The first kappa shape index (κ1) is 17.7. The average molecular weight is 375 g/mol. The third kappa shape index (κ3) is 4.67. The van der Waals surface area contributed by atoms with Crippen LogP contribution in [0.25, 0.3) is 0 Å². The van der Waals surface area contributed by atoms with Crippen LogP contribution >= 0.6 is 34.8 Å². The maximum atomic E-state index is 12.2. The second-order valence-corrected chi connectivity index (χ2v) is 5.92. The average Bonchev–Trinajstić information content (AvgIpc) is 2.50. The second kappa shape index (κ2) is 7.77. The molecule has 4 nitrogen and oxygen atoms in total. The van der Waals surface area contributed by atoms with Gasteiger partial charge in [-0.25, -0.2) is 0 Å². The lowest BCUT2D eigenvalue weighted by Gasteiger charge is -2.16. The van der Waals surface area contributed by atoms with E-state index in [-0.39, 0.29) is 5.91 Å². The van der Waals surface area contributed by atoms with Gasteiger partial charge in [0.1, 0.15) is 11.5 Å². The zero-order valence-electron chi connectivity index (χ0n) is 12.4. The molecule has 0 aliphatic heterocycles. The van der Waals surface area contributed by atoms with E-state index in [0.717, 1.165) is 0 Å².